The van der Waals surface area contributed by atoms with Gasteiger partial charge in [0.25, 0.3) is 0 Å². The van der Waals surface area contributed by atoms with Crippen LogP contribution in [0.5, 0.6) is 5.75 Å². The molecule has 1 aliphatic heterocycles. The lowest BCUT2D eigenvalue weighted by Crippen LogP contribution is -2.58. The number of piperidine rings is 1. The maximum Gasteiger partial charge on any atom is 0.243 e. The van der Waals surface area contributed by atoms with Crippen LogP contribution in [0.2, 0.25) is 0 Å². The highest BCUT2D eigenvalue weighted by molar-refractivity contribution is 5.95. The fraction of sp³-hybridized carbons (Fsp3) is 0.383. The lowest BCUT2D eigenvalue weighted by Gasteiger charge is -2.32. The summed E-state index contributed by atoms with van der Waals surface area (Å²) < 4.78 is 6.48. The molecule has 5 rings (SSSR count). The third kappa shape index (κ3) is 14.1. The number of amides is 5. The third-order valence-corrected chi connectivity index (χ3v) is 10.6. The number of rotatable bonds is 20. The Labute approximate surface area is 347 Å². The molecule has 4 aromatic carbocycles. The minimum Gasteiger partial charge on any atom is -0.490 e. The summed E-state index contributed by atoms with van der Waals surface area (Å²) in [5.74, 6) is -2.05. The number of ether oxygens (including phenoxy) is 1. The fourth-order valence-electron chi connectivity index (χ4n) is 7.12. The first-order valence-corrected chi connectivity index (χ1v) is 20.5. The van der Waals surface area contributed by atoms with Gasteiger partial charge in [-0.25, -0.2) is 0 Å². The van der Waals surface area contributed by atoms with Crippen LogP contribution in [0, 0.1) is 5.92 Å². The van der Waals surface area contributed by atoms with Crippen molar-refractivity contribution in [1.29, 1.82) is 0 Å². The Morgan fingerprint density at radius 3 is 1.75 bits per heavy atom. The second kappa shape index (κ2) is 22.2. The quantitative estimate of drug-likeness (QED) is 0.0896. The van der Waals surface area contributed by atoms with Crippen LogP contribution in [0.15, 0.2) is 115 Å². The average Bonchev–Trinajstić information content (AvgIpc) is 3.23. The zero-order valence-electron chi connectivity index (χ0n) is 34.3. The summed E-state index contributed by atoms with van der Waals surface area (Å²) >= 11 is 0. The van der Waals surface area contributed by atoms with Crippen molar-refractivity contribution < 1.29 is 28.7 Å². The topological polar surface area (TPSA) is 172 Å². The second-order valence-corrected chi connectivity index (χ2v) is 15.6. The number of carbonyl (C=O) groups is 5. The highest BCUT2D eigenvalue weighted by Crippen LogP contribution is 2.25. The molecule has 0 saturated carbocycles. The lowest BCUT2D eigenvalue weighted by molar-refractivity contribution is -0.134. The van der Waals surface area contributed by atoms with E-state index in [0.717, 1.165) is 54.8 Å². The molecule has 0 radical (unpaired) electrons. The van der Waals surface area contributed by atoms with Crippen molar-refractivity contribution in [2.45, 2.75) is 89.6 Å². The molecule has 12 nitrogen and oxygen atoms in total. The first kappa shape index (κ1) is 44.1. The minimum absolute atomic E-state index is 0.0797. The van der Waals surface area contributed by atoms with Gasteiger partial charge in [0.05, 0.1) is 0 Å². The Morgan fingerprint density at radius 1 is 0.644 bits per heavy atom. The zero-order chi connectivity index (χ0) is 42.1. The van der Waals surface area contributed by atoms with E-state index < -0.39 is 47.8 Å². The van der Waals surface area contributed by atoms with E-state index in [4.69, 9.17) is 10.5 Å². The molecule has 6 N–H and O–H groups in total. The van der Waals surface area contributed by atoms with Crippen molar-refractivity contribution in [2.75, 3.05) is 19.6 Å². The molecule has 4 aromatic rings. The van der Waals surface area contributed by atoms with Gasteiger partial charge in [0, 0.05) is 45.3 Å². The summed E-state index contributed by atoms with van der Waals surface area (Å²) in [7, 11) is 0. The first-order chi connectivity index (χ1) is 28.4. The number of primary amides is 1. The maximum atomic E-state index is 13.8. The fourth-order valence-corrected chi connectivity index (χ4v) is 7.12. The Bertz CT molecular complexity index is 1970. The van der Waals surface area contributed by atoms with E-state index in [1.807, 2.05) is 111 Å². The molecule has 0 aromatic heterocycles. The summed E-state index contributed by atoms with van der Waals surface area (Å²) in [6, 6.07) is 32.8. The number of benzene rings is 4. The van der Waals surface area contributed by atoms with Gasteiger partial charge in [0.1, 0.15) is 36.0 Å². The number of hydrogen-bond acceptors (Lipinski definition) is 7. The molecule has 59 heavy (non-hydrogen) atoms. The molecule has 4 atom stereocenters. The Hall–Kier alpha value is -6.01. The third-order valence-electron chi connectivity index (χ3n) is 10.6. The van der Waals surface area contributed by atoms with Crippen molar-refractivity contribution in [3.8, 4) is 5.75 Å². The number of hydrogen-bond donors (Lipinski definition) is 5. The average molecular weight is 803 g/mol. The van der Waals surface area contributed by atoms with Gasteiger partial charge in [-0.15, -0.1) is 0 Å². The Morgan fingerprint density at radius 2 is 1.17 bits per heavy atom. The summed E-state index contributed by atoms with van der Waals surface area (Å²) in [4.78, 5) is 68.4. The number of para-hydroxylation sites is 1. The molecule has 1 saturated heterocycles. The molecular weight excluding hydrogens is 745 g/mol. The number of carbonyl (C=O) groups excluding carboxylic acids is 5. The van der Waals surface area contributed by atoms with Gasteiger partial charge >= 0.3 is 0 Å². The van der Waals surface area contributed by atoms with E-state index in [1.165, 1.54) is 12.5 Å². The molecule has 312 valence electrons. The van der Waals surface area contributed by atoms with Gasteiger partial charge < -0.3 is 36.6 Å². The van der Waals surface area contributed by atoms with Gasteiger partial charge in [-0.2, -0.15) is 0 Å². The monoisotopic (exact) mass is 802 g/mol. The van der Waals surface area contributed by atoms with E-state index in [1.54, 1.807) is 0 Å². The SMILES string of the molecule is CC(C)[C@H](NC(=O)CCN1CCC(Oc2ccccc2Cc2ccccc2)CC1)C(=O)N[C@@H](Cc1ccccc1)C(=O)N[C@@H](C)C(=O)N[C@H](Cc1ccccc1)C(N)=O. The molecule has 0 spiro atoms. The highest BCUT2D eigenvalue weighted by Gasteiger charge is 2.31. The van der Waals surface area contributed by atoms with Crippen molar-refractivity contribution in [3.05, 3.63) is 138 Å². The largest absolute Gasteiger partial charge is 0.490 e. The van der Waals surface area contributed by atoms with Crippen molar-refractivity contribution in [1.82, 2.24) is 26.2 Å². The smallest absolute Gasteiger partial charge is 0.243 e. The van der Waals surface area contributed by atoms with E-state index in [2.05, 4.69) is 44.4 Å². The molecule has 0 unspecified atom stereocenters. The van der Waals surface area contributed by atoms with Gasteiger partial charge in [-0.3, -0.25) is 24.0 Å². The van der Waals surface area contributed by atoms with Gasteiger partial charge in [0.15, 0.2) is 0 Å². The molecule has 1 aliphatic rings. The summed E-state index contributed by atoms with van der Waals surface area (Å²) in [6.07, 6.45) is 3.09. The number of likely N-dealkylation sites (tertiary alicyclic amines) is 1. The van der Waals surface area contributed by atoms with Gasteiger partial charge in [0.2, 0.25) is 29.5 Å². The predicted octanol–water partition coefficient (Wildman–Crippen LogP) is 4.10. The van der Waals surface area contributed by atoms with Crippen LogP contribution in [0.3, 0.4) is 0 Å². The molecule has 1 fully saturated rings. The number of nitrogens with one attached hydrogen (secondary N) is 4. The molecule has 12 heteroatoms. The van der Waals surface area contributed by atoms with E-state index >= 15 is 0 Å². The molecule has 0 aliphatic carbocycles. The van der Waals surface area contributed by atoms with Gasteiger partial charge in [-0.1, -0.05) is 123 Å². The highest BCUT2D eigenvalue weighted by atomic mass is 16.5. The van der Waals surface area contributed by atoms with Crippen LogP contribution in [-0.2, 0) is 43.2 Å². The molecular formula is C47H58N6O6. The predicted molar refractivity (Wildman–Crippen MR) is 228 cm³/mol. The minimum atomic E-state index is -1.07. The zero-order valence-corrected chi connectivity index (χ0v) is 34.3. The van der Waals surface area contributed by atoms with E-state index in [9.17, 15) is 24.0 Å². The Kier molecular flexibility index (Phi) is 16.6. The van der Waals surface area contributed by atoms with Crippen molar-refractivity contribution >= 4 is 29.5 Å². The molecule has 0 bridgehead atoms. The van der Waals surface area contributed by atoms with Crippen LogP contribution < -0.4 is 31.7 Å². The van der Waals surface area contributed by atoms with Crippen molar-refractivity contribution in [3.63, 3.8) is 0 Å². The van der Waals surface area contributed by atoms with Crippen LogP contribution in [0.4, 0.5) is 0 Å². The van der Waals surface area contributed by atoms with Crippen LogP contribution in [-0.4, -0.2) is 84.3 Å². The normalized spacial score (nSPS) is 15.3. The number of nitrogens with two attached hydrogens (primary N) is 1. The van der Waals surface area contributed by atoms with E-state index in [-0.39, 0.29) is 37.2 Å². The van der Waals surface area contributed by atoms with Crippen LogP contribution in [0.1, 0.15) is 62.3 Å². The second-order valence-electron chi connectivity index (χ2n) is 15.6. The molecule has 1 heterocycles. The first-order valence-electron chi connectivity index (χ1n) is 20.5. The van der Waals surface area contributed by atoms with Crippen LogP contribution >= 0.6 is 0 Å². The summed E-state index contributed by atoms with van der Waals surface area (Å²) in [6.45, 7) is 7.27. The maximum absolute atomic E-state index is 13.8. The van der Waals surface area contributed by atoms with Gasteiger partial charge in [-0.05, 0) is 54.0 Å². The Balaban J connectivity index is 1.12. The lowest BCUT2D eigenvalue weighted by atomic mass is 10.0. The molecule has 5 amide bonds. The number of nitrogens with zero attached hydrogens (tertiary/aromatic N) is 1. The summed E-state index contributed by atoms with van der Waals surface area (Å²) in [5, 5.41) is 11.1. The van der Waals surface area contributed by atoms with E-state index in [0.29, 0.717) is 6.54 Å². The summed E-state index contributed by atoms with van der Waals surface area (Å²) in [5.41, 5.74) is 9.58. The van der Waals surface area contributed by atoms with Crippen LogP contribution in [0.25, 0.3) is 0 Å². The standard InChI is InChI=1S/C47H58N6O6/c1-32(2)43(52-42(54)25-28-53-26-23-38(24-27-53)59-41-22-14-13-21-37(41)29-34-15-7-4-8-16-34)47(58)51-40(31-36-19-11-6-12-20-36)46(57)49-33(3)45(56)50-39(44(48)55)30-35-17-9-5-10-18-35/h4-22,32-33,38-40,43H,23-31H2,1-3H3,(H2,48,55)(H,49,57)(H,50,56)(H,51,58)(H,52,54)/t33-,39+,40-,43-/m0/s1. The van der Waals surface area contributed by atoms with Crippen molar-refractivity contribution in [2.24, 2.45) is 11.7 Å².